The second kappa shape index (κ2) is 6.57. The summed E-state index contributed by atoms with van der Waals surface area (Å²) in [6.07, 6.45) is 1.17. The molecule has 0 spiro atoms. The summed E-state index contributed by atoms with van der Waals surface area (Å²) in [5.74, 6) is 0.556. The second-order valence-electron chi connectivity index (χ2n) is 3.75. The van der Waals surface area contributed by atoms with Gasteiger partial charge in [0.25, 0.3) is 0 Å². The lowest BCUT2D eigenvalue weighted by Crippen LogP contribution is -2.15. The number of likely N-dealkylation sites (tertiary alicyclic amines) is 1. The van der Waals surface area contributed by atoms with Crippen LogP contribution in [0.1, 0.15) is 6.42 Å². The second-order valence-corrected chi connectivity index (χ2v) is 3.75. The van der Waals surface area contributed by atoms with Gasteiger partial charge in [-0.1, -0.05) is 36.4 Å². The topological polar surface area (TPSA) is 23.5 Å². The van der Waals surface area contributed by atoms with E-state index < -0.39 is 0 Å². The van der Waals surface area contributed by atoms with Crippen molar-refractivity contribution in [2.75, 3.05) is 26.7 Å². The Morgan fingerprint density at radius 2 is 1.64 bits per heavy atom. The van der Waals surface area contributed by atoms with E-state index in [1.54, 1.807) is 0 Å². The summed E-state index contributed by atoms with van der Waals surface area (Å²) < 4.78 is 0. The minimum absolute atomic E-state index is 0.365. The van der Waals surface area contributed by atoms with Gasteiger partial charge in [0.05, 0.1) is 0 Å². The molecule has 1 aliphatic heterocycles. The zero-order chi connectivity index (χ0) is 10.2. The molecule has 0 amide bonds. The van der Waals surface area contributed by atoms with Crippen LogP contribution in [0.25, 0.3) is 0 Å². The highest BCUT2D eigenvalue weighted by Crippen LogP contribution is 2.12. The standard InChI is InChI=1S/C6H13NO.C6H6/c1-7-3-2-6(4-7)5-8;1-2-4-6-5-3-1/h6,8H,2-5H2,1H3;1-6H. The lowest BCUT2D eigenvalue weighted by Gasteiger charge is -2.05. The lowest BCUT2D eigenvalue weighted by atomic mass is 10.1. The first-order valence-corrected chi connectivity index (χ1v) is 5.12. The Hall–Kier alpha value is -0.860. The molecule has 2 heteroatoms. The van der Waals surface area contributed by atoms with Crippen molar-refractivity contribution in [3.05, 3.63) is 36.4 Å². The number of hydrogen-bond donors (Lipinski definition) is 1. The summed E-state index contributed by atoms with van der Waals surface area (Å²) in [6, 6.07) is 12.0. The maximum atomic E-state index is 8.66. The molecule has 1 fully saturated rings. The molecule has 0 bridgehead atoms. The van der Waals surface area contributed by atoms with E-state index in [1.165, 1.54) is 6.42 Å². The van der Waals surface area contributed by atoms with Crippen LogP contribution in [0.2, 0.25) is 0 Å². The van der Waals surface area contributed by atoms with Crippen LogP contribution in [0.3, 0.4) is 0 Å². The smallest absolute Gasteiger partial charge is 0.0471 e. The van der Waals surface area contributed by atoms with Crippen LogP contribution in [0.4, 0.5) is 0 Å². The van der Waals surface area contributed by atoms with Crippen LogP contribution in [-0.4, -0.2) is 36.8 Å². The van der Waals surface area contributed by atoms with Crippen LogP contribution in [-0.2, 0) is 0 Å². The van der Waals surface area contributed by atoms with Crippen molar-refractivity contribution in [2.24, 2.45) is 5.92 Å². The Labute approximate surface area is 86.2 Å². The SMILES string of the molecule is CN1CCC(CO)C1.c1ccccc1. The van der Waals surface area contributed by atoms with Crippen LogP contribution in [0, 0.1) is 5.92 Å². The normalized spacial score (nSPS) is 21.4. The van der Waals surface area contributed by atoms with Crippen LogP contribution >= 0.6 is 0 Å². The highest BCUT2D eigenvalue weighted by atomic mass is 16.3. The molecular weight excluding hydrogens is 174 g/mol. The van der Waals surface area contributed by atoms with E-state index in [0.717, 1.165) is 13.1 Å². The summed E-state index contributed by atoms with van der Waals surface area (Å²) in [7, 11) is 2.09. The van der Waals surface area contributed by atoms with Gasteiger partial charge in [-0.3, -0.25) is 0 Å². The molecule has 0 aromatic heterocycles. The van der Waals surface area contributed by atoms with Crippen molar-refractivity contribution in [2.45, 2.75) is 6.42 Å². The molecular formula is C12H19NO. The lowest BCUT2D eigenvalue weighted by molar-refractivity contribution is 0.228. The Morgan fingerprint density at radius 1 is 1.14 bits per heavy atom. The quantitative estimate of drug-likeness (QED) is 0.732. The molecule has 1 aliphatic rings. The Morgan fingerprint density at radius 3 is 1.86 bits per heavy atom. The zero-order valence-corrected chi connectivity index (χ0v) is 8.76. The molecule has 1 unspecified atom stereocenters. The van der Waals surface area contributed by atoms with Crippen molar-refractivity contribution in [1.29, 1.82) is 0 Å². The van der Waals surface area contributed by atoms with Crippen molar-refractivity contribution in [3.8, 4) is 0 Å². The van der Waals surface area contributed by atoms with Crippen molar-refractivity contribution in [3.63, 3.8) is 0 Å². The fraction of sp³-hybridized carbons (Fsp3) is 0.500. The molecule has 1 aromatic carbocycles. The minimum atomic E-state index is 0.365. The van der Waals surface area contributed by atoms with Gasteiger partial charge in [0.15, 0.2) is 0 Å². The predicted molar refractivity (Wildman–Crippen MR) is 59.1 cm³/mol. The third kappa shape index (κ3) is 4.40. The van der Waals surface area contributed by atoms with E-state index in [1.807, 2.05) is 36.4 Å². The molecule has 1 N–H and O–H groups in total. The maximum Gasteiger partial charge on any atom is 0.0471 e. The Balaban J connectivity index is 0.000000146. The molecule has 0 aliphatic carbocycles. The number of rotatable bonds is 1. The van der Waals surface area contributed by atoms with Crippen LogP contribution in [0.15, 0.2) is 36.4 Å². The molecule has 78 valence electrons. The molecule has 2 rings (SSSR count). The van der Waals surface area contributed by atoms with E-state index in [-0.39, 0.29) is 0 Å². The summed E-state index contributed by atoms with van der Waals surface area (Å²) in [5.41, 5.74) is 0. The summed E-state index contributed by atoms with van der Waals surface area (Å²) in [6.45, 7) is 2.60. The van der Waals surface area contributed by atoms with E-state index >= 15 is 0 Å². The largest absolute Gasteiger partial charge is 0.396 e. The number of hydrogen-bond acceptors (Lipinski definition) is 2. The van der Waals surface area contributed by atoms with Gasteiger partial charge in [0.1, 0.15) is 0 Å². The first-order valence-electron chi connectivity index (χ1n) is 5.12. The summed E-state index contributed by atoms with van der Waals surface area (Å²) >= 11 is 0. The average Bonchev–Trinajstić information content (AvgIpc) is 2.68. The molecule has 1 atom stereocenters. The summed E-state index contributed by atoms with van der Waals surface area (Å²) in [5, 5.41) is 8.66. The molecule has 14 heavy (non-hydrogen) atoms. The number of benzene rings is 1. The number of nitrogens with zero attached hydrogens (tertiary/aromatic N) is 1. The van der Waals surface area contributed by atoms with Gasteiger partial charge in [-0.05, 0) is 25.9 Å². The zero-order valence-electron chi connectivity index (χ0n) is 8.76. The van der Waals surface area contributed by atoms with E-state index in [4.69, 9.17) is 5.11 Å². The average molecular weight is 193 g/mol. The van der Waals surface area contributed by atoms with Crippen molar-refractivity contribution >= 4 is 0 Å². The fourth-order valence-electron chi connectivity index (χ4n) is 1.56. The minimum Gasteiger partial charge on any atom is -0.396 e. The third-order valence-electron chi connectivity index (χ3n) is 2.41. The Bertz CT molecular complexity index is 198. The molecule has 1 aromatic rings. The molecule has 0 radical (unpaired) electrons. The van der Waals surface area contributed by atoms with E-state index in [2.05, 4.69) is 11.9 Å². The van der Waals surface area contributed by atoms with Gasteiger partial charge in [-0.25, -0.2) is 0 Å². The molecule has 0 saturated carbocycles. The van der Waals surface area contributed by atoms with Gasteiger partial charge in [0, 0.05) is 13.2 Å². The van der Waals surface area contributed by atoms with Gasteiger partial charge >= 0.3 is 0 Å². The fourth-order valence-corrected chi connectivity index (χ4v) is 1.56. The highest BCUT2D eigenvalue weighted by molar-refractivity contribution is 4.99. The van der Waals surface area contributed by atoms with E-state index in [9.17, 15) is 0 Å². The third-order valence-corrected chi connectivity index (χ3v) is 2.41. The van der Waals surface area contributed by atoms with Crippen molar-refractivity contribution < 1.29 is 5.11 Å². The van der Waals surface area contributed by atoms with Gasteiger partial charge < -0.3 is 10.0 Å². The molecule has 2 nitrogen and oxygen atoms in total. The first-order chi connectivity index (χ1) is 6.83. The number of aliphatic hydroxyl groups is 1. The number of aliphatic hydroxyl groups excluding tert-OH is 1. The molecule has 1 saturated heterocycles. The first kappa shape index (κ1) is 11.2. The van der Waals surface area contributed by atoms with Gasteiger partial charge in [-0.15, -0.1) is 0 Å². The van der Waals surface area contributed by atoms with Crippen molar-refractivity contribution in [1.82, 2.24) is 4.90 Å². The maximum absolute atomic E-state index is 8.66. The van der Waals surface area contributed by atoms with Crippen LogP contribution < -0.4 is 0 Å². The summed E-state index contributed by atoms with van der Waals surface area (Å²) in [4.78, 5) is 2.25. The molecule has 1 heterocycles. The van der Waals surface area contributed by atoms with Gasteiger partial charge in [0.2, 0.25) is 0 Å². The highest BCUT2D eigenvalue weighted by Gasteiger charge is 2.17. The van der Waals surface area contributed by atoms with E-state index in [0.29, 0.717) is 12.5 Å². The van der Waals surface area contributed by atoms with Gasteiger partial charge in [-0.2, -0.15) is 0 Å². The Kier molecular flexibility index (Phi) is 5.27. The van der Waals surface area contributed by atoms with Crippen LogP contribution in [0.5, 0.6) is 0 Å². The predicted octanol–water partition coefficient (Wildman–Crippen LogP) is 1.62. The monoisotopic (exact) mass is 193 g/mol.